The van der Waals surface area contributed by atoms with Crippen molar-refractivity contribution in [2.75, 3.05) is 6.61 Å². The zero-order chi connectivity index (χ0) is 32.5. The Hall–Kier alpha value is -2.61. The summed E-state index contributed by atoms with van der Waals surface area (Å²) in [5, 5.41) is 37.7. The number of aliphatic hydroxyl groups excluding tert-OH is 2. The smallest absolute Gasteiger partial charge is 0.335 e. The van der Waals surface area contributed by atoms with Gasteiger partial charge in [0.1, 0.15) is 12.2 Å². The maximum atomic E-state index is 13.9. The normalized spacial score (nSPS) is 16.0. The number of benzene rings is 1. The Morgan fingerprint density at radius 2 is 1.63 bits per heavy atom. The van der Waals surface area contributed by atoms with Gasteiger partial charge < -0.3 is 25.2 Å². The number of aryl methyl sites for hydroxylation is 2. The van der Waals surface area contributed by atoms with E-state index in [9.17, 15) is 18.4 Å². The molecule has 9 nitrogen and oxygen atoms in total. The molecule has 0 amide bonds. The molecule has 2 aromatic heterocycles. The SMILES string of the molecule is CCCC1(CCC)OCC(F)(F)c2cc(Cl)sc21.CCc1cn(-c2ccccc2Cl)nc1C.O=C(O)C(O)C(O)C(=O)O. The number of fused-ring (bicyclic) bond motifs is 1. The van der Waals surface area contributed by atoms with Crippen LogP contribution < -0.4 is 0 Å². The molecular formula is C29H36Cl2F2N2O7S. The monoisotopic (exact) mass is 664 g/mol. The van der Waals surface area contributed by atoms with Crippen molar-refractivity contribution in [1.82, 2.24) is 9.78 Å². The fourth-order valence-corrected chi connectivity index (χ4v) is 6.22. The van der Waals surface area contributed by atoms with Crippen LogP contribution in [0.1, 0.15) is 68.2 Å². The standard InChI is InChI=1S/C13H17ClF2OS.C12H13ClN2.C4H6O6/c1-3-5-12(6-4-2)11-9(7-10(14)18-11)13(15,16)8-17-12;1-3-10-8-15(14-9(10)2)12-7-5-4-6-11(12)13;5-1(3(7)8)2(6)4(9)10/h7H,3-6,8H2,1-2H3;4-8H,3H2,1-2H3;1-2,5-6H,(H,7,8)(H,9,10). The number of hydrogen-bond donors (Lipinski definition) is 4. The number of para-hydroxylation sites is 1. The van der Waals surface area contributed by atoms with E-state index in [-0.39, 0.29) is 5.56 Å². The van der Waals surface area contributed by atoms with Gasteiger partial charge in [0.05, 0.1) is 20.7 Å². The molecule has 1 aliphatic rings. The van der Waals surface area contributed by atoms with Gasteiger partial charge in [-0.2, -0.15) is 13.9 Å². The van der Waals surface area contributed by atoms with E-state index in [2.05, 4.69) is 12.0 Å². The fraction of sp³-hybridized carbons (Fsp3) is 0.483. The van der Waals surface area contributed by atoms with Gasteiger partial charge in [0.2, 0.25) is 0 Å². The van der Waals surface area contributed by atoms with Crippen molar-refractivity contribution in [1.29, 1.82) is 0 Å². The summed E-state index contributed by atoms with van der Waals surface area (Å²) < 4.78 is 35.6. The van der Waals surface area contributed by atoms with Crippen molar-refractivity contribution in [2.45, 2.75) is 83.5 Å². The lowest BCUT2D eigenvalue weighted by Gasteiger charge is -2.40. The number of carboxylic acids is 2. The van der Waals surface area contributed by atoms with Gasteiger partial charge in [0.25, 0.3) is 5.92 Å². The summed E-state index contributed by atoms with van der Waals surface area (Å²) in [4.78, 5) is 20.2. The highest BCUT2D eigenvalue weighted by molar-refractivity contribution is 7.16. The maximum absolute atomic E-state index is 13.9. The second-order valence-corrected chi connectivity index (χ2v) is 11.9. The molecule has 0 aliphatic carbocycles. The molecule has 1 aliphatic heterocycles. The summed E-state index contributed by atoms with van der Waals surface area (Å²) in [6.07, 6.45) is 1.84. The minimum Gasteiger partial charge on any atom is -0.479 e. The van der Waals surface area contributed by atoms with Crippen LogP contribution in [0.15, 0.2) is 36.5 Å². The molecule has 4 rings (SSSR count). The highest BCUT2D eigenvalue weighted by Crippen LogP contribution is 2.52. The molecule has 3 aromatic rings. The number of carboxylic acid groups (broad SMARTS) is 2. The number of carbonyl (C=O) groups is 2. The maximum Gasteiger partial charge on any atom is 0.335 e. The molecule has 238 valence electrons. The van der Waals surface area contributed by atoms with E-state index in [0.717, 1.165) is 48.5 Å². The lowest BCUT2D eigenvalue weighted by atomic mass is 9.85. The second-order valence-electron chi connectivity index (χ2n) is 9.84. The molecule has 0 bridgehead atoms. The van der Waals surface area contributed by atoms with Crippen LogP contribution in [0, 0.1) is 6.92 Å². The second kappa shape index (κ2) is 15.9. The zero-order valence-electron chi connectivity index (χ0n) is 24.2. The molecule has 14 heteroatoms. The van der Waals surface area contributed by atoms with Crippen LogP contribution in [0.5, 0.6) is 0 Å². The van der Waals surface area contributed by atoms with Crippen LogP contribution in [0.3, 0.4) is 0 Å². The molecule has 4 N–H and O–H groups in total. The molecule has 0 saturated heterocycles. The first-order valence-corrected chi connectivity index (χ1v) is 15.1. The molecule has 0 saturated carbocycles. The van der Waals surface area contributed by atoms with E-state index in [4.69, 9.17) is 48.4 Å². The molecular weight excluding hydrogens is 629 g/mol. The number of hydrogen-bond acceptors (Lipinski definition) is 7. The summed E-state index contributed by atoms with van der Waals surface area (Å²) in [5.74, 6) is -6.45. The summed E-state index contributed by atoms with van der Waals surface area (Å²) in [6.45, 7) is 7.70. The predicted octanol–water partition coefficient (Wildman–Crippen LogP) is 6.59. The summed E-state index contributed by atoms with van der Waals surface area (Å²) in [7, 11) is 0. The number of thiophene rings is 1. The number of alkyl halides is 2. The van der Waals surface area contributed by atoms with E-state index in [1.54, 1.807) is 0 Å². The van der Waals surface area contributed by atoms with Crippen LogP contribution in [-0.4, -0.2) is 61.0 Å². The number of halogens is 4. The third kappa shape index (κ3) is 9.19. The number of aliphatic hydroxyl groups is 2. The van der Waals surface area contributed by atoms with Crippen molar-refractivity contribution < 1.29 is 43.5 Å². The Morgan fingerprint density at radius 1 is 1.07 bits per heavy atom. The number of nitrogens with zero attached hydrogens (tertiary/aromatic N) is 2. The van der Waals surface area contributed by atoms with E-state index in [0.29, 0.717) is 9.21 Å². The Labute approximate surface area is 262 Å². The van der Waals surface area contributed by atoms with Gasteiger partial charge in [-0.05, 0) is 49.9 Å². The van der Waals surface area contributed by atoms with Crippen LogP contribution in [-0.2, 0) is 32.3 Å². The van der Waals surface area contributed by atoms with Gasteiger partial charge in [0.15, 0.2) is 12.2 Å². The number of ether oxygens (including phenoxy) is 1. The molecule has 3 heterocycles. The molecule has 0 fully saturated rings. The van der Waals surface area contributed by atoms with Crippen molar-refractivity contribution in [2.24, 2.45) is 0 Å². The van der Waals surface area contributed by atoms with E-state index in [1.807, 2.05) is 55.9 Å². The minimum absolute atomic E-state index is 0.0747. The van der Waals surface area contributed by atoms with E-state index in [1.165, 1.54) is 23.0 Å². The van der Waals surface area contributed by atoms with Crippen LogP contribution >= 0.6 is 34.5 Å². The third-order valence-corrected chi connectivity index (χ3v) is 8.40. The lowest BCUT2D eigenvalue weighted by Crippen LogP contribution is -2.40. The first-order chi connectivity index (χ1) is 20.1. The predicted molar refractivity (Wildman–Crippen MR) is 161 cm³/mol. The summed E-state index contributed by atoms with van der Waals surface area (Å²) in [5.41, 5.74) is 2.78. The first-order valence-electron chi connectivity index (χ1n) is 13.6. The topological polar surface area (TPSA) is 142 Å². The van der Waals surface area contributed by atoms with Crippen molar-refractivity contribution in [3.8, 4) is 5.69 Å². The molecule has 2 atom stereocenters. The van der Waals surface area contributed by atoms with Crippen LogP contribution in [0.25, 0.3) is 5.69 Å². The number of aromatic nitrogens is 2. The van der Waals surface area contributed by atoms with Gasteiger partial charge in [-0.3, -0.25) is 0 Å². The number of rotatable bonds is 9. The molecule has 43 heavy (non-hydrogen) atoms. The van der Waals surface area contributed by atoms with Gasteiger partial charge in [-0.15, -0.1) is 11.3 Å². The number of aliphatic carboxylic acids is 2. The van der Waals surface area contributed by atoms with E-state index >= 15 is 0 Å². The third-order valence-electron chi connectivity index (χ3n) is 6.63. The highest BCUT2D eigenvalue weighted by Gasteiger charge is 2.49. The molecule has 0 radical (unpaired) electrons. The van der Waals surface area contributed by atoms with Crippen molar-refractivity contribution in [3.63, 3.8) is 0 Å². The molecule has 0 spiro atoms. The van der Waals surface area contributed by atoms with E-state index < -0.39 is 42.3 Å². The fourth-order valence-electron chi connectivity index (χ4n) is 4.52. The van der Waals surface area contributed by atoms with Crippen molar-refractivity contribution in [3.05, 3.63) is 67.6 Å². The molecule has 2 unspecified atom stereocenters. The largest absolute Gasteiger partial charge is 0.479 e. The average Bonchev–Trinajstić information content (AvgIpc) is 3.54. The average molecular weight is 666 g/mol. The Kier molecular flexibility index (Phi) is 13.5. The summed E-state index contributed by atoms with van der Waals surface area (Å²) >= 11 is 13.3. The van der Waals surface area contributed by atoms with Crippen molar-refractivity contribution >= 4 is 46.5 Å². The minimum atomic E-state index is -2.91. The molecule has 1 aromatic carbocycles. The van der Waals surface area contributed by atoms with Crippen LogP contribution in [0.4, 0.5) is 8.78 Å². The quantitative estimate of drug-likeness (QED) is 0.201. The first kappa shape index (κ1) is 36.6. The zero-order valence-corrected chi connectivity index (χ0v) is 26.5. The Morgan fingerprint density at radius 3 is 2.09 bits per heavy atom. The van der Waals surface area contributed by atoms with Gasteiger partial charge >= 0.3 is 11.9 Å². The van der Waals surface area contributed by atoms with Gasteiger partial charge in [-0.1, -0.05) is 68.9 Å². The lowest BCUT2D eigenvalue weighted by molar-refractivity contribution is -0.172. The summed E-state index contributed by atoms with van der Waals surface area (Å²) in [6, 6.07) is 9.13. The van der Waals surface area contributed by atoms with Gasteiger partial charge in [0, 0.05) is 16.6 Å². The Bertz CT molecular complexity index is 1360. The van der Waals surface area contributed by atoms with Crippen LogP contribution in [0.2, 0.25) is 9.36 Å². The van der Waals surface area contributed by atoms with Gasteiger partial charge in [-0.25, -0.2) is 14.3 Å². The highest BCUT2D eigenvalue weighted by atomic mass is 35.5. The Balaban J connectivity index is 0.000000235.